The smallest absolute Gasteiger partial charge is 0.281 e. The number of thioether (sulfide) groups is 1. The summed E-state index contributed by atoms with van der Waals surface area (Å²) in [4.78, 5) is 32.4. The van der Waals surface area contributed by atoms with Gasteiger partial charge in [0.1, 0.15) is 4.88 Å². The van der Waals surface area contributed by atoms with Gasteiger partial charge >= 0.3 is 0 Å². The summed E-state index contributed by atoms with van der Waals surface area (Å²) >= 11 is 2.75. The van der Waals surface area contributed by atoms with E-state index in [-0.39, 0.29) is 17.6 Å². The van der Waals surface area contributed by atoms with Gasteiger partial charge in [0.25, 0.3) is 5.91 Å². The SMILES string of the molecule is Cc1ccc(SCC(=O)NNC(=O)c2sc(N3CCOCC3)nc2C)cc1. The molecule has 0 spiro atoms. The van der Waals surface area contributed by atoms with E-state index in [1.807, 2.05) is 31.2 Å². The number of nitrogens with one attached hydrogen (secondary N) is 2. The molecule has 3 rings (SSSR count). The van der Waals surface area contributed by atoms with E-state index in [4.69, 9.17) is 4.74 Å². The molecule has 1 saturated heterocycles. The number of amides is 2. The second kappa shape index (κ2) is 9.20. The van der Waals surface area contributed by atoms with Crippen LogP contribution in [0.4, 0.5) is 5.13 Å². The number of aryl methyl sites for hydroxylation is 2. The molecular weight excluding hydrogens is 384 g/mol. The minimum Gasteiger partial charge on any atom is -0.378 e. The highest BCUT2D eigenvalue weighted by atomic mass is 32.2. The molecule has 2 aromatic rings. The van der Waals surface area contributed by atoms with Crippen molar-refractivity contribution in [2.45, 2.75) is 18.7 Å². The van der Waals surface area contributed by atoms with Crippen molar-refractivity contribution in [2.24, 2.45) is 0 Å². The second-order valence-corrected chi connectivity index (χ2v) is 8.14. The summed E-state index contributed by atoms with van der Waals surface area (Å²) in [6.45, 7) is 6.67. The molecule has 0 bridgehead atoms. The van der Waals surface area contributed by atoms with Crippen LogP contribution in [0.2, 0.25) is 0 Å². The number of hydrogen-bond acceptors (Lipinski definition) is 7. The molecule has 9 heteroatoms. The first-order chi connectivity index (χ1) is 13.0. The van der Waals surface area contributed by atoms with E-state index in [0.29, 0.717) is 23.8 Å². The topological polar surface area (TPSA) is 83.6 Å². The Morgan fingerprint density at radius 1 is 1.19 bits per heavy atom. The van der Waals surface area contributed by atoms with Gasteiger partial charge in [-0.05, 0) is 26.0 Å². The molecule has 0 aliphatic carbocycles. The number of hydrogen-bond donors (Lipinski definition) is 2. The number of benzene rings is 1. The third kappa shape index (κ3) is 5.44. The van der Waals surface area contributed by atoms with E-state index in [0.717, 1.165) is 23.1 Å². The van der Waals surface area contributed by atoms with Crippen molar-refractivity contribution in [3.05, 3.63) is 40.4 Å². The number of aromatic nitrogens is 1. The molecule has 27 heavy (non-hydrogen) atoms. The standard InChI is InChI=1S/C18H22N4O3S2/c1-12-3-5-14(6-4-12)26-11-15(23)20-21-17(24)16-13(2)19-18(27-16)22-7-9-25-10-8-22/h3-6H,7-11H2,1-2H3,(H,20,23)(H,21,24). The maximum atomic E-state index is 12.4. The molecule has 1 aliphatic heterocycles. The number of carbonyl (C=O) groups excluding carboxylic acids is 2. The number of ether oxygens (including phenoxy) is 1. The van der Waals surface area contributed by atoms with Gasteiger partial charge in [-0.25, -0.2) is 4.98 Å². The van der Waals surface area contributed by atoms with Crippen molar-refractivity contribution < 1.29 is 14.3 Å². The van der Waals surface area contributed by atoms with Gasteiger partial charge in [0, 0.05) is 18.0 Å². The summed E-state index contributed by atoms with van der Waals surface area (Å²) in [7, 11) is 0. The van der Waals surface area contributed by atoms with Gasteiger partial charge in [0.05, 0.1) is 24.7 Å². The first-order valence-electron chi connectivity index (χ1n) is 8.61. The van der Waals surface area contributed by atoms with Gasteiger partial charge < -0.3 is 9.64 Å². The fourth-order valence-electron chi connectivity index (χ4n) is 2.49. The van der Waals surface area contributed by atoms with Crippen LogP contribution in [-0.4, -0.2) is 48.9 Å². The van der Waals surface area contributed by atoms with E-state index in [1.165, 1.54) is 28.7 Å². The van der Waals surface area contributed by atoms with Crippen molar-refractivity contribution in [2.75, 3.05) is 37.0 Å². The third-order valence-electron chi connectivity index (χ3n) is 3.98. The Balaban J connectivity index is 1.49. The molecule has 0 unspecified atom stereocenters. The summed E-state index contributed by atoms with van der Waals surface area (Å²) in [6.07, 6.45) is 0. The average molecular weight is 407 g/mol. The van der Waals surface area contributed by atoms with E-state index < -0.39 is 0 Å². The fraction of sp³-hybridized carbons (Fsp3) is 0.389. The predicted octanol–water partition coefficient (Wildman–Crippen LogP) is 2.15. The zero-order valence-electron chi connectivity index (χ0n) is 15.3. The van der Waals surface area contributed by atoms with Gasteiger partial charge in [0.15, 0.2) is 5.13 Å². The van der Waals surface area contributed by atoms with Crippen LogP contribution in [0.25, 0.3) is 0 Å². The molecule has 1 aromatic heterocycles. The zero-order chi connectivity index (χ0) is 19.2. The summed E-state index contributed by atoms with van der Waals surface area (Å²) in [6, 6.07) is 7.95. The molecule has 0 atom stereocenters. The Morgan fingerprint density at radius 2 is 1.89 bits per heavy atom. The van der Waals surface area contributed by atoms with E-state index >= 15 is 0 Å². The van der Waals surface area contributed by atoms with Crippen LogP contribution in [0.5, 0.6) is 0 Å². The summed E-state index contributed by atoms with van der Waals surface area (Å²) in [5, 5.41) is 0.808. The van der Waals surface area contributed by atoms with Crippen LogP contribution in [0.1, 0.15) is 20.9 Å². The lowest BCUT2D eigenvalue weighted by Gasteiger charge is -2.25. The van der Waals surface area contributed by atoms with Crippen LogP contribution in [0, 0.1) is 13.8 Å². The van der Waals surface area contributed by atoms with Crippen LogP contribution in [0.3, 0.4) is 0 Å². The molecule has 1 fully saturated rings. The Bertz CT molecular complexity index is 801. The quantitative estimate of drug-likeness (QED) is 0.585. The molecule has 2 heterocycles. The van der Waals surface area contributed by atoms with Crippen molar-refractivity contribution >= 4 is 40.0 Å². The number of anilines is 1. The number of thiazole rings is 1. The fourth-order valence-corrected chi connectivity index (χ4v) is 4.20. The number of carbonyl (C=O) groups is 2. The van der Waals surface area contributed by atoms with Gasteiger partial charge in [-0.3, -0.25) is 20.4 Å². The largest absolute Gasteiger partial charge is 0.378 e. The molecule has 2 N–H and O–H groups in total. The molecule has 1 aliphatic rings. The monoisotopic (exact) mass is 406 g/mol. The van der Waals surface area contributed by atoms with Crippen molar-refractivity contribution in [3.63, 3.8) is 0 Å². The first kappa shape index (κ1) is 19.7. The van der Waals surface area contributed by atoms with Crippen molar-refractivity contribution in [3.8, 4) is 0 Å². The van der Waals surface area contributed by atoms with E-state index in [1.54, 1.807) is 6.92 Å². The highest BCUT2D eigenvalue weighted by Gasteiger charge is 2.20. The Kier molecular flexibility index (Phi) is 6.70. The van der Waals surface area contributed by atoms with Crippen LogP contribution < -0.4 is 15.8 Å². The maximum absolute atomic E-state index is 12.4. The van der Waals surface area contributed by atoms with Gasteiger partial charge in [-0.2, -0.15) is 0 Å². The Morgan fingerprint density at radius 3 is 2.59 bits per heavy atom. The lowest BCUT2D eigenvalue weighted by molar-refractivity contribution is -0.119. The van der Waals surface area contributed by atoms with Crippen LogP contribution in [0.15, 0.2) is 29.2 Å². The maximum Gasteiger partial charge on any atom is 0.281 e. The molecule has 7 nitrogen and oxygen atoms in total. The van der Waals surface area contributed by atoms with Gasteiger partial charge in [0.2, 0.25) is 5.91 Å². The lowest BCUT2D eigenvalue weighted by atomic mass is 10.2. The van der Waals surface area contributed by atoms with E-state index in [9.17, 15) is 9.59 Å². The number of morpholine rings is 1. The van der Waals surface area contributed by atoms with Crippen LogP contribution >= 0.6 is 23.1 Å². The highest BCUT2D eigenvalue weighted by Crippen LogP contribution is 2.26. The molecular formula is C18H22N4O3S2. The molecule has 0 radical (unpaired) electrons. The first-order valence-corrected chi connectivity index (χ1v) is 10.4. The minimum atomic E-state index is -0.349. The molecule has 1 aromatic carbocycles. The van der Waals surface area contributed by atoms with Crippen molar-refractivity contribution in [1.29, 1.82) is 0 Å². The summed E-state index contributed by atoms with van der Waals surface area (Å²) in [5.41, 5.74) is 6.77. The Hall–Kier alpha value is -2.10. The lowest BCUT2D eigenvalue weighted by Crippen LogP contribution is -2.42. The molecule has 0 saturated carbocycles. The number of rotatable bonds is 5. The molecule has 2 amide bonds. The van der Waals surface area contributed by atoms with Gasteiger partial charge in [-0.15, -0.1) is 11.8 Å². The third-order valence-corrected chi connectivity index (χ3v) is 6.21. The second-order valence-electron chi connectivity index (χ2n) is 6.11. The van der Waals surface area contributed by atoms with Crippen molar-refractivity contribution in [1.82, 2.24) is 15.8 Å². The minimum absolute atomic E-state index is 0.226. The van der Waals surface area contributed by atoms with Gasteiger partial charge in [-0.1, -0.05) is 29.0 Å². The summed E-state index contributed by atoms with van der Waals surface area (Å²) < 4.78 is 5.34. The average Bonchev–Trinajstić information content (AvgIpc) is 3.08. The molecule has 144 valence electrons. The predicted molar refractivity (Wildman–Crippen MR) is 107 cm³/mol. The highest BCUT2D eigenvalue weighted by molar-refractivity contribution is 8.00. The summed E-state index contributed by atoms with van der Waals surface area (Å²) in [5.74, 6) is -0.382. The number of nitrogens with zero attached hydrogens (tertiary/aromatic N) is 2. The zero-order valence-corrected chi connectivity index (χ0v) is 16.9. The Labute approximate surface area is 166 Å². The van der Waals surface area contributed by atoms with Crippen LogP contribution in [-0.2, 0) is 9.53 Å². The van der Waals surface area contributed by atoms with E-state index in [2.05, 4.69) is 20.7 Å². The number of hydrazine groups is 1. The normalized spacial score (nSPS) is 14.1.